The van der Waals surface area contributed by atoms with E-state index < -0.39 is 0 Å². The highest BCUT2D eigenvalue weighted by Gasteiger charge is 2.34. The summed E-state index contributed by atoms with van der Waals surface area (Å²) >= 11 is 0. The summed E-state index contributed by atoms with van der Waals surface area (Å²) in [5.74, 6) is 2.77. The van der Waals surface area contributed by atoms with Gasteiger partial charge >= 0.3 is 0 Å². The molecule has 6 nitrogen and oxygen atoms in total. The van der Waals surface area contributed by atoms with Crippen LogP contribution >= 0.6 is 0 Å². The second kappa shape index (κ2) is 6.74. The fourth-order valence-corrected chi connectivity index (χ4v) is 4.31. The number of piperidine rings is 1. The first kappa shape index (κ1) is 17.1. The predicted molar refractivity (Wildman–Crippen MR) is 96.5 cm³/mol. The molecule has 3 heterocycles. The number of aromatic nitrogens is 2. The molecule has 0 unspecified atom stereocenters. The number of hydrogen-bond donors (Lipinski definition) is 0. The Bertz CT molecular complexity index is 841. The number of fused-ring (bicyclic) bond motifs is 1. The lowest BCUT2D eigenvalue weighted by Crippen LogP contribution is -2.39. The van der Waals surface area contributed by atoms with Gasteiger partial charge in [-0.25, -0.2) is 4.98 Å². The Morgan fingerprint density at radius 1 is 1.31 bits per heavy atom. The standard InChI is InChI=1S/C20H25N3O3/c1-3-22-12-9-21-19(22)14-7-10-23(11-8-14)20(25)17-13(2)26-16-6-4-5-15(24)18(16)17/h9,12,14H,3-8,10-11H2,1-2H3. The van der Waals surface area contributed by atoms with E-state index in [4.69, 9.17) is 4.42 Å². The van der Waals surface area contributed by atoms with E-state index >= 15 is 0 Å². The number of rotatable bonds is 3. The summed E-state index contributed by atoms with van der Waals surface area (Å²) in [7, 11) is 0. The van der Waals surface area contributed by atoms with Gasteiger partial charge in [-0.2, -0.15) is 0 Å². The number of aryl methyl sites for hydroxylation is 3. The quantitative estimate of drug-likeness (QED) is 0.847. The van der Waals surface area contributed by atoms with E-state index in [-0.39, 0.29) is 11.7 Å². The van der Waals surface area contributed by atoms with Crippen molar-refractivity contribution in [1.82, 2.24) is 14.5 Å². The minimum absolute atomic E-state index is 0.0475. The highest BCUT2D eigenvalue weighted by Crippen LogP contribution is 2.33. The molecule has 0 bridgehead atoms. The number of hydrogen-bond acceptors (Lipinski definition) is 4. The molecule has 0 atom stereocenters. The van der Waals surface area contributed by atoms with E-state index in [0.717, 1.165) is 38.1 Å². The van der Waals surface area contributed by atoms with Crippen molar-refractivity contribution in [3.8, 4) is 0 Å². The smallest absolute Gasteiger partial charge is 0.258 e. The normalized spacial score (nSPS) is 18.2. The van der Waals surface area contributed by atoms with E-state index in [1.54, 1.807) is 6.92 Å². The second-order valence-electron chi connectivity index (χ2n) is 7.25. The van der Waals surface area contributed by atoms with Gasteiger partial charge in [-0.05, 0) is 33.1 Å². The number of ketones is 1. The van der Waals surface area contributed by atoms with Crippen molar-refractivity contribution in [2.24, 2.45) is 0 Å². The second-order valence-corrected chi connectivity index (χ2v) is 7.25. The monoisotopic (exact) mass is 355 g/mol. The summed E-state index contributed by atoms with van der Waals surface area (Å²) in [6, 6.07) is 0. The first-order chi connectivity index (χ1) is 12.6. The van der Waals surface area contributed by atoms with Crippen LogP contribution in [0.5, 0.6) is 0 Å². The Balaban J connectivity index is 1.51. The summed E-state index contributed by atoms with van der Waals surface area (Å²) in [5.41, 5.74) is 1.04. The Labute approximate surface area is 153 Å². The lowest BCUT2D eigenvalue weighted by Gasteiger charge is -2.32. The van der Waals surface area contributed by atoms with Crippen LogP contribution in [0, 0.1) is 6.92 Å². The molecule has 0 saturated carbocycles. The lowest BCUT2D eigenvalue weighted by molar-refractivity contribution is 0.0704. The topological polar surface area (TPSA) is 68.3 Å². The van der Waals surface area contributed by atoms with Gasteiger partial charge in [-0.1, -0.05) is 0 Å². The van der Waals surface area contributed by atoms with Crippen molar-refractivity contribution in [2.45, 2.75) is 58.4 Å². The van der Waals surface area contributed by atoms with Crippen LogP contribution in [-0.4, -0.2) is 39.2 Å². The molecule has 4 rings (SSSR count). The van der Waals surface area contributed by atoms with Gasteiger partial charge in [0.1, 0.15) is 17.3 Å². The van der Waals surface area contributed by atoms with Crippen molar-refractivity contribution in [1.29, 1.82) is 0 Å². The largest absolute Gasteiger partial charge is 0.465 e. The number of amides is 1. The first-order valence-electron chi connectivity index (χ1n) is 9.56. The molecule has 1 amide bonds. The predicted octanol–water partition coefficient (Wildman–Crippen LogP) is 3.34. The van der Waals surface area contributed by atoms with Crippen LogP contribution in [0.1, 0.15) is 76.6 Å². The van der Waals surface area contributed by atoms with Crippen LogP contribution in [-0.2, 0) is 13.0 Å². The van der Waals surface area contributed by atoms with Crippen molar-refractivity contribution >= 4 is 11.7 Å². The molecule has 138 valence electrons. The highest BCUT2D eigenvalue weighted by atomic mass is 16.3. The molecule has 0 aromatic carbocycles. The van der Waals surface area contributed by atoms with Gasteiger partial charge in [-0.3, -0.25) is 9.59 Å². The third-order valence-corrected chi connectivity index (χ3v) is 5.69. The molecular formula is C20H25N3O3. The highest BCUT2D eigenvalue weighted by molar-refractivity contribution is 6.10. The molecule has 2 aromatic heterocycles. The molecule has 1 saturated heterocycles. The summed E-state index contributed by atoms with van der Waals surface area (Å²) < 4.78 is 7.93. The maximum atomic E-state index is 13.1. The minimum atomic E-state index is -0.0555. The van der Waals surface area contributed by atoms with Crippen LogP contribution in [0.15, 0.2) is 16.8 Å². The molecule has 2 aromatic rings. The van der Waals surface area contributed by atoms with Gasteiger partial charge in [-0.15, -0.1) is 0 Å². The van der Waals surface area contributed by atoms with Crippen LogP contribution in [0.4, 0.5) is 0 Å². The molecule has 26 heavy (non-hydrogen) atoms. The summed E-state index contributed by atoms with van der Waals surface area (Å²) in [5, 5.41) is 0. The van der Waals surface area contributed by atoms with E-state index in [2.05, 4.69) is 16.5 Å². The lowest BCUT2D eigenvalue weighted by atomic mass is 9.91. The molecule has 2 aliphatic rings. The zero-order chi connectivity index (χ0) is 18.3. The first-order valence-corrected chi connectivity index (χ1v) is 9.56. The molecular weight excluding hydrogens is 330 g/mol. The molecule has 6 heteroatoms. The van der Waals surface area contributed by atoms with Gasteiger partial charge < -0.3 is 13.9 Å². The molecule has 0 radical (unpaired) electrons. The Morgan fingerprint density at radius 2 is 2.08 bits per heavy atom. The van der Waals surface area contributed by atoms with Gasteiger partial charge in [0.15, 0.2) is 5.78 Å². The van der Waals surface area contributed by atoms with Crippen molar-refractivity contribution in [3.05, 3.63) is 40.9 Å². The Morgan fingerprint density at radius 3 is 2.81 bits per heavy atom. The molecule has 0 N–H and O–H groups in total. The molecule has 1 aliphatic carbocycles. The third kappa shape index (κ3) is 2.77. The van der Waals surface area contributed by atoms with Crippen LogP contribution < -0.4 is 0 Å². The maximum absolute atomic E-state index is 13.1. The zero-order valence-electron chi connectivity index (χ0n) is 15.5. The maximum Gasteiger partial charge on any atom is 0.258 e. The van der Waals surface area contributed by atoms with Gasteiger partial charge in [0.25, 0.3) is 5.91 Å². The van der Waals surface area contributed by atoms with E-state index in [0.29, 0.717) is 48.1 Å². The van der Waals surface area contributed by atoms with Crippen molar-refractivity contribution in [2.75, 3.05) is 13.1 Å². The average molecular weight is 355 g/mol. The van der Waals surface area contributed by atoms with E-state index in [1.807, 2.05) is 17.3 Å². The van der Waals surface area contributed by atoms with Crippen LogP contribution in [0.3, 0.4) is 0 Å². The van der Waals surface area contributed by atoms with E-state index in [9.17, 15) is 9.59 Å². The van der Waals surface area contributed by atoms with Gasteiger partial charge in [0.2, 0.25) is 0 Å². The number of nitrogens with zero attached hydrogens (tertiary/aromatic N) is 3. The Kier molecular flexibility index (Phi) is 4.42. The SMILES string of the molecule is CCn1ccnc1C1CCN(C(=O)c2c(C)oc3c2C(=O)CCC3)CC1. The summed E-state index contributed by atoms with van der Waals surface area (Å²) in [6.07, 6.45) is 7.72. The number of likely N-dealkylation sites (tertiary alicyclic amines) is 1. The van der Waals surface area contributed by atoms with E-state index in [1.165, 1.54) is 0 Å². The number of carbonyl (C=O) groups is 2. The van der Waals surface area contributed by atoms with Crippen molar-refractivity contribution < 1.29 is 14.0 Å². The van der Waals surface area contributed by atoms with Crippen molar-refractivity contribution in [3.63, 3.8) is 0 Å². The summed E-state index contributed by atoms with van der Waals surface area (Å²) in [4.78, 5) is 31.8. The number of carbonyl (C=O) groups excluding carboxylic acids is 2. The minimum Gasteiger partial charge on any atom is -0.465 e. The fourth-order valence-electron chi connectivity index (χ4n) is 4.31. The zero-order valence-corrected chi connectivity index (χ0v) is 15.5. The number of Topliss-reactive ketones (excluding diaryl/α,β-unsaturated/α-hetero) is 1. The number of imidazole rings is 1. The summed E-state index contributed by atoms with van der Waals surface area (Å²) in [6.45, 7) is 6.20. The fraction of sp³-hybridized carbons (Fsp3) is 0.550. The average Bonchev–Trinajstić information content (AvgIpc) is 3.25. The van der Waals surface area contributed by atoms with Crippen LogP contribution in [0.2, 0.25) is 0 Å². The Hall–Kier alpha value is -2.37. The van der Waals surface area contributed by atoms with Gasteiger partial charge in [0.05, 0.1) is 11.1 Å². The van der Waals surface area contributed by atoms with Crippen LogP contribution in [0.25, 0.3) is 0 Å². The molecule has 1 fully saturated rings. The molecule has 0 spiro atoms. The molecule has 1 aliphatic heterocycles. The third-order valence-electron chi connectivity index (χ3n) is 5.69. The number of furan rings is 1. The van der Waals surface area contributed by atoms with Gasteiger partial charge in [0, 0.05) is 50.8 Å².